The van der Waals surface area contributed by atoms with E-state index < -0.39 is 5.97 Å². The Labute approximate surface area is 129 Å². The van der Waals surface area contributed by atoms with Crippen molar-refractivity contribution in [3.05, 3.63) is 28.2 Å². The number of nitrogens with one attached hydrogen (secondary N) is 2. The molecule has 2 amide bonds. The number of carboxylic acid groups (broad SMARTS) is 1. The van der Waals surface area contributed by atoms with E-state index >= 15 is 0 Å². The molecule has 3 N–H and O–H groups in total. The van der Waals surface area contributed by atoms with Crippen LogP contribution in [0.25, 0.3) is 0 Å². The van der Waals surface area contributed by atoms with E-state index in [9.17, 15) is 9.59 Å². The van der Waals surface area contributed by atoms with Crippen molar-refractivity contribution in [1.82, 2.24) is 5.32 Å². The molecule has 0 bridgehead atoms. The SMILES string of the molecule is CSC1(CNC(=O)Nc2cc(Br)cc(C(=O)O)c2)CC1. The molecule has 1 aliphatic carbocycles. The molecule has 108 valence electrons. The Morgan fingerprint density at radius 3 is 2.65 bits per heavy atom. The zero-order chi connectivity index (χ0) is 14.8. The van der Waals surface area contributed by atoms with E-state index in [0.717, 1.165) is 12.8 Å². The van der Waals surface area contributed by atoms with Gasteiger partial charge in [0.15, 0.2) is 0 Å². The Balaban J connectivity index is 1.95. The van der Waals surface area contributed by atoms with E-state index in [1.54, 1.807) is 17.8 Å². The Hall–Kier alpha value is -1.21. The summed E-state index contributed by atoms with van der Waals surface area (Å²) in [5.74, 6) is -1.03. The highest BCUT2D eigenvalue weighted by Crippen LogP contribution is 2.46. The normalized spacial score (nSPS) is 15.5. The second-order valence-electron chi connectivity index (χ2n) is 4.73. The maximum absolute atomic E-state index is 11.8. The number of hydrogen-bond donors (Lipinski definition) is 3. The molecule has 5 nitrogen and oxygen atoms in total. The molecule has 20 heavy (non-hydrogen) atoms. The van der Waals surface area contributed by atoms with Gasteiger partial charge in [0.2, 0.25) is 0 Å². The number of carbonyl (C=O) groups excluding carboxylic acids is 1. The number of anilines is 1. The molecular weight excluding hydrogens is 344 g/mol. The highest BCUT2D eigenvalue weighted by Gasteiger charge is 2.41. The number of halogens is 1. The zero-order valence-corrected chi connectivity index (χ0v) is 13.3. The van der Waals surface area contributed by atoms with Gasteiger partial charge in [-0.1, -0.05) is 15.9 Å². The summed E-state index contributed by atoms with van der Waals surface area (Å²) in [7, 11) is 0. The van der Waals surface area contributed by atoms with Crippen LogP contribution in [0.3, 0.4) is 0 Å². The summed E-state index contributed by atoms with van der Waals surface area (Å²) in [6.45, 7) is 0.625. The third-order valence-electron chi connectivity index (χ3n) is 3.21. The standard InChI is InChI=1S/C13H15BrN2O3S/c1-20-13(2-3-13)7-15-12(19)16-10-5-8(11(17)18)4-9(14)6-10/h4-6H,2-3,7H2,1H3,(H,17,18)(H2,15,16,19). The smallest absolute Gasteiger partial charge is 0.335 e. The van der Waals surface area contributed by atoms with E-state index in [0.29, 0.717) is 16.7 Å². The molecule has 1 aromatic carbocycles. The number of carboxylic acids is 1. The number of hydrogen-bond acceptors (Lipinski definition) is 3. The van der Waals surface area contributed by atoms with E-state index in [-0.39, 0.29) is 16.3 Å². The average Bonchev–Trinajstić information content (AvgIpc) is 3.16. The third-order valence-corrected chi connectivity index (χ3v) is 5.09. The molecule has 0 heterocycles. The van der Waals surface area contributed by atoms with E-state index in [4.69, 9.17) is 5.11 Å². The van der Waals surface area contributed by atoms with Gasteiger partial charge in [0.1, 0.15) is 0 Å². The molecule has 1 aromatic rings. The van der Waals surface area contributed by atoms with Crippen LogP contribution in [0.15, 0.2) is 22.7 Å². The lowest BCUT2D eigenvalue weighted by molar-refractivity contribution is 0.0697. The van der Waals surface area contributed by atoms with Crippen molar-refractivity contribution in [2.24, 2.45) is 0 Å². The molecule has 0 atom stereocenters. The second kappa shape index (κ2) is 6.05. The van der Waals surface area contributed by atoms with Gasteiger partial charge in [-0.2, -0.15) is 11.8 Å². The fourth-order valence-corrected chi connectivity index (χ4v) is 3.01. The summed E-state index contributed by atoms with van der Waals surface area (Å²) in [4.78, 5) is 22.7. The average molecular weight is 359 g/mol. The van der Waals surface area contributed by atoms with Crippen LogP contribution in [0.5, 0.6) is 0 Å². The summed E-state index contributed by atoms with van der Waals surface area (Å²) in [5.41, 5.74) is 0.570. The van der Waals surface area contributed by atoms with Crippen LogP contribution < -0.4 is 10.6 Å². The molecule has 0 aliphatic heterocycles. The van der Waals surface area contributed by atoms with Crippen LogP contribution in [0, 0.1) is 0 Å². The van der Waals surface area contributed by atoms with Gasteiger partial charge in [0.05, 0.1) is 5.56 Å². The minimum atomic E-state index is -1.03. The Morgan fingerprint density at radius 2 is 2.10 bits per heavy atom. The van der Waals surface area contributed by atoms with Gasteiger partial charge in [-0.05, 0) is 37.3 Å². The van der Waals surface area contributed by atoms with Crippen LogP contribution in [-0.4, -0.2) is 34.7 Å². The number of carbonyl (C=O) groups is 2. The Kier molecular flexibility index (Phi) is 4.59. The van der Waals surface area contributed by atoms with Crippen LogP contribution in [0.1, 0.15) is 23.2 Å². The molecule has 1 aliphatic rings. The molecule has 0 spiro atoms. The first kappa shape index (κ1) is 15.2. The molecule has 1 fully saturated rings. The molecule has 7 heteroatoms. The summed E-state index contributed by atoms with van der Waals surface area (Å²) < 4.78 is 0.802. The lowest BCUT2D eigenvalue weighted by Crippen LogP contribution is -2.35. The predicted molar refractivity (Wildman–Crippen MR) is 83.6 cm³/mol. The Morgan fingerprint density at radius 1 is 1.40 bits per heavy atom. The number of urea groups is 1. The summed E-state index contributed by atoms with van der Waals surface area (Å²) in [6.07, 6.45) is 4.28. The summed E-state index contributed by atoms with van der Waals surface area (Å²) >= 11 is 4.99. The van der Waals surface area contributed by atoms with Gasteiger partial charge in [-0.25, -0.2) is 9.59 Å². The molecular formula is C13H15BrN2O3S. The maximum atomic E-state index is 11.8. The van der Waals surface area contributed by atoms with Crippen LogP contribution >= 0.6 is 27.7 Å². The predicted octanol–water partition coefficient (Wildman–Crippen LogP) is 3.16. The molecule has 2 rings (SSSR count). The van der Waals surface area contributed by atoms with Crippen molar-refractivity contribution in [2.75, 3.05) is 18.1 Å². The highest BCUT2D eigenvalue weighted by atomic mass is 79.9. The first-order valence-corrected chi connectivity index (χ1v) is 8.10. The van der Waals surface area contributed by atoms with Gasteiger partial charge in [-0.15, -0.1) is 0 Å². The van der Waals surface area contributed by atoms with Crippen molar-refractivity contribution in [3.8, 4) is 0 Å². The fraction of sp³-hybridized carbons (Fsp3) is 0.385. The number of thioether (sulfide) groups is 1. The topological polar surface area (TPSA) is 78.4 Å². The van der Waals surface area contributed by atoms with Crippen LogP contribution in [-0.2, 0) is 0 Å². The first-order valence-electron chi connectivity index (χ1n) is 6.08. The third kappa shape index (κ3) is 3.89. The fourth-order valence-electron chi connectivity index (χ4n) is 1.79. The van der Waals surface area contributed by atoms with Gasteiger partial charge >= 0.3 is 12.0 Å². The number of amides is 2. The van der Waals surface area contributed by atoms with Gasteiger partial charge < -0.3 is 15.7 Å². The maximum Gasteiger partial charge on any atom is 0.335 e. The van der Waals surface area contributed by atoms with Crippen molar-refractivity contribution in [2.45, 2.75) is 17.6 Å². The molecule has 0 unspecified atom stereocenters. The first-order chi connectivity index (χ1) is 9.44. The molecule has 1 saturated carbocycles. The largest absolute Gasteiger partial charge is 0.478 e. The lowest BCUT2D eigenvalue weighted by atomic mass is 10.2. The highest BCUT2D eigenvalue weighted by molar-refractivity contribution is 9.10. The van der Waals surface area contributed by atoms with Gasteiger partial charge in [0.25, 0.3) is 0 Å². The van der Waals surface area contributed by atoms with Crippen molar-refractivity contribution in [1.29, 1.82) is 0 Å². The van der Waals surface area contributed by atoms with Crippen LogP contribution in [0.4, 0.5) is 10.5 Å². The number of aromatic carboxylic acids is 1. The number of benzene rings is 1. The minimum absolute atomic E-state index is 0.123. The van der Waals surface area contributed by atoms with E-state index in [1.165, 1.54) is 12.1 Å². The van der Waals surface area contributed by atoms with Crippen molar-refractivity contribution >= 4 is 45.4 Å². The van der Waals surface area contributed by atoms with Gasteiger partial charge in [0, 0.05) is 21.5 Å². The Bertz CT molecular complexity index is 546. The summed E-state index contributed by atoms with van der Waals surface area (Å²) in [5, 5.41) is 14.4. The van der Waals surface area contributed by atoms with Gasteiger partial charge in [-0.3, -0.25) is 0 Å². The van der Waals surface area contributed by atoms with Crippen LogP contribution in [0.2, 0.25) is 0 Å². The second-order valence-corrected chi connectivity index (χ2v) is 6.92. The quantitative estimate of drug-likeness (QED) is 0.755. The molecule has 0 radical (unpaired) electrons. The summed E-state index contributed by atoms with van der Waals surface area (Å²) in [6, 6.07) is 4.25. The van der Waals surface area contributed by atoms with Crippen molar-refractivity contribution < 1.29 is 14.7 Å². The number of rotatable bonds is 5. The molecule has 0 aromatic heterocycles. The monoisotopic (exact) mass is 358 g/mol. The van der Waals surface area contributed by atoms with E-state index in [2.05, 4.69) is 26.6 Å². The zero-order valence-electron chi connectivity index (χ0n) is 10.9. The molecule has 0 saturated heterocycles. The van der Waals surface area contributed by atoms with Crippen molar-refractivity contribution in [3.63, 3.8) is 0 Å². The lowest BCUT2D eigenvalue weighted by Gasteiger charge is -2.14. The minimum Gasteiger partial charge on any atom is -0.478 e. The van der Waals surface area contributed by atoms with E-state index in [1.807, 2.05) is 6.26 Å².